The number of aromatic hydroxyl groups is 6. The summed E-state index contributed by atoms with van der Waals surface area (Å²) in [4.78, 5) is 0. The van der Waals surface area contributed by atoms with E-state index in [-0.39, 0.29) is 34.8 Å². The third-order valence-electron chi connectivity index (χ3n) is 7.47. The second-order valence-electron chi connectivity index (χ2n) is 8.94. The van der Waals surface area contributed by atoms with E-state index < -0.39 is 16.9 Å². The normalized spacial score (nSPS) is 33.3. The summed E-state index contributed by atoms with van der Waals surface area (Å²) >= 11 is 0. The fourth-order valence-electron chi connectivity index (χ4n) is 6.79. The molecule has 0 aromatic heterocycles. The van der Waals surface area contributed by atoms with Gasteiger partial charge >= 0.3 is 0 Å². The number of rotatable bonds is 2. The summed E-state index contributed by atoms with van der Waals surface area (Å²) in [6, 6.07) is 6.10. The molecule has 0 spiro atoms. The molecular formula is C22H24O6. The van der Waals surface area contributed by atoms with E-state index in [0.717, 1.165) is 32.1 Å². The van der Waals surface area contributed by atoms with Crippen LogP contribution in [0.15, 0.2) is 24.3 Å². The molecule has 148 valence electrons. The van der Waals surface area contributed by atoms with Crippen molar-refractivity contribution in [1.82, 2.24) is 0 Å². The first-order valence-electron chi connectivity index (χ1n) is 9.80. The molecule has 6 N–H and O–H groups in total. The van der Waals surface area contributed by atoms with Crippen LogP contribution in [0.1, 0.15) is 49.1 Å². The van der Waals surface area contributed by atoms with Gasteiger partial charge in [0, 0.05) is 22.5 Å². The van der Waals surface area contributed by atoms with Crippen LogP contribution in [0.5, 0.6) is 34.5 Å². The monoisotopic (exact) mass is 384 g/mol. The van der Waals surface area contributed by atoms with Gasteiger partial charge in [0.05, 0.1) is 0 Å². The van der Waals surface area contributed by atoms with Crippen LogP contribution in [0.25, 0.3) is 0 Å². The van der Waals surface area contributed by atoms with Crippen LogP contribution in [-0.4, -0.2) is 30.6 Å². The molecule has 2 aromatic carbocycles. The molecule has 0 heterocycles. The van der Waals surface area contributed by atoms with Gasteiger partial charge in [0.1, 0.15) is 0 Å². The lowest BCUT2D eigenvalue weighted by Crippen LogP contribution is -2.53. The van der Waals surface area contributed by atoms with E-state index in [0.29, 0.717) is 23.0 Å². The third kappa shape index (κ3) is 2.14. The van der Waals surface area contributed by atoms with Crippen molar-refractivity contribution in [2.75, 3.05) is 0 Å². The molecule has 0 amide bonds. The van der Waals surface area contributed by atoms with Gasteiger partial charge in [-0.15, -0.1) is 0 Å². The largest absolute Gasteiger partial charge is 0.504 e. The van der Waals surface area contributed by atoms with Crippen LogP contribution in [0.3, 0.4) is 0 Å². The molecule has 4 bridgehead atoms. The SMILES string of the molecule is Oc1ccc(C2C3CC4CC(C3)CC2(c2ccc(O)c(O)c2O)C4)c(O)c1O. The van der Waals surface area contributed by atoms with Crippen LogP contribution >= 0.6 is 0 Å². The van der Waals surface area contributed by atoms with Crippen molar-refractivity contribution < 1.29 is 30.6 Å². The van der Waals surface area contributed by atoms with Gasteiger partial charge in [-0.1, -0.05) is 12.1 Å². The average molecular weight is 384 g/mol. The minimum atomic E-state index is -0.528. The van der Waals surface area contributed by atoms with Gasteiger partial charge in [-0.3, -0.25) is 0 Å². The zero-order chi connectivity index (χ0) is 19.8. The van der Waals surface area contributed by atoms with Crippen molar-refractivity contribution in [2.24, 2.45) is 17.8 Å². The summed E-state index contributed by atoms with van der Waals surface area (Å²) in [5, 5.41) is 61.2. The molecule has 6 rings (SSSR count). The van der Waals surface area contributed by atoms with E-state index >= 15 is 0 Å². The van der Waals surface area contributed by atoms with E-state index in [1.54, 1.807) is 12.1 Å². The first-order chi connectivity index (χ1) is 13.3. The Kier molecular flexibility index (Phi) is 3.49. The third-order valence-corrected chi connectivity index (χ3v) is 7.47. The second-order valence-corrected chi connectivity index (χ2v) is 8.94. The Labute approximate surface area is 162 Å². The number of hydrogen-bond donors (Lipinski definition) is 6. The van der Waals surface area contributed by atoms with E-state index in [9.17, 15) is 30.6 Å². The van der Waals surface area contributed by atoms with Crippen LogP contribution in [0.2, 0.25) is 0 Å². The molecule has 4 saturated carbocycles. The zero-order valence-electron chi connectivity index (χ0n) is 15.3. The topological polar surface area (TPSA) is 121 Å². The zero-order valence-corrected chi connectivity index (χ0v) is 15.3. The predicted molar refractivity (Wildman–Crippen MR) is 101 cm³/mol. The molecule has 28 heavy (non-hydrogen) atoms. The fourth-order valence-corrected chi connectivity index (χ4v) is 6.79. The van der Waals surface area contributed by atoms with Crippen molar-refractivity contribution in [3.8, 4) is 34.5 Å². The highest BCUT2D eigenvalue weighted by Gasteiger charge is 2.59. The molecule has 6 nitrogen and oxygen atoms in total. The van der Waals surface area contributed by atoms with Crippen molar-refractivity contribution in [2.45, 2.75) is 43.4 Å². The molecule has 4 fully saturated rings. The summed E-state index contributed by atoms with van der Waals surface area (Å²) < 4.78 is 0. The lowest BCUT2D eigenvalue weighted by Gasteiger charge is -2.61. The molecule has 0 radical (unpaired) electrons. The molecule has 0 aliphatic heterocycles. The fraction of sp³-hybridized carbons (Fsp3) is 0.455. The predicted octanol–water partition coefficient (Wildman–Crippen LogP) is 3.78. The van der Waals surface area contributed by atoms with Crippen LogP contribution in [0.4, 0.5) is 0 Å². The van der Waals surface area contributed by atoms with E-state index in [1.165, 1.54) is 12.1 Å². The Morgan fingerprint density at radius 2 is 1.21 bits per heavy atom. The van der Waals surface area contributed by atoms with Gasteiger partial charge in [-0.05, 0) is 62.0 Å². The van der Waals surface area contributed by atoms with Gasteiger partial charge < -0.3 is 30.6 Å². The first kappa shape index (κ1) is 17.3. The van der Waals surface area contributed by atoms with Crippen LogP contribution in [-0.2, 0) is 5.41 Å². The molecule has 4 aliphatic rings. The standard InChI is InChI=1S/C22H24O6/c23-15-3-1-13(18(25)20(15)27)17-12-6-10-5-11(7-12)9-22(17,8-10)14-2-4-16(24)21(28)19(14)26/h1-4,10-12,17,23-28H,5-9H2. The summed E-state index contributed by atoms with van der Waals surface area (Å²) in [5.41, 5.74) is 0.634. The van der Waals surface area contributed by atoms with Crippen molar-refractivity contribution in [3.63, 3.8) is 0 Å². The first-order valence-corrected chi connectivity index (χ1v) is 9.80. The Bertz CT molecular complexity index is 954. The van der Waals surface area contributed by atoms with Gasteiger partial charge in [0.2, 0.25) is 11.5 Å². The van der Waals surface area contributed by atoms with Gasteiger partial charge in [0.25, 0.3) is 0 Å². The smallest absolute Gasteiger partial charge is 0.200 e. The highest BCUT2D eigenvalue weighted by Crippen LogP contribution is 2.69. The number of phenols is 6. The quantitative estimate of drug-likeness (QED) is 0.438. The molecule has 3 atom stereocenters. The van der Waals surface area contributed by atoms with Crippen molar-refractivity contribution in [3.05, 3.63) is 35.4 Å². The Morgan fingerprint density at radius 3 is 1.86 bits per heavy atom. The Balaban J connectivity index is 1.74. The maximum absolute atomic E-state index is 10.7. The lowest BCUT2D eigenvalue weighted by atomic mass is 9.42. The summed E-state index contributed by atoms with van der Waals surface area (Å²) in [7, 11) is 0. The molecule has 2 aromatic rings. The van der Waals surface area contributed by atoms with Gasteiger partial charge in [0.15, 0.2) is 23.0 Å². The average Bonchev–Trinajstić information content (AvgIpc) is 2.65. The number of phenolic OH excluding ortho intramolecular Hbond substituents is 6. The maximum Gasteiger partial charge on any atom is 0.200 e. The minimum absolute atomic E-state index is 0.165. The maximum atomic E-state index is 10.7. The van der Waals surface area contributed by atoms with Gasteiger partial charge in [-0.25, -0.2) is 0 Å². The highest BCUT2D eigenvalue weighted by molar-refractivity contribution is 5.60. The number of benzene rings is 2. The second kappa shape index (κ2) is 5.63. The van der Waals surface area contributed by atoms with Gasteiger partial charge in [-0.2, -0.15) is 0 Å². The molecule has 3 unspecified atom stereocenters. The molecule has 6 heteroatoms. The highest BCUT2D eigenvalue weighted by atomic mass is 16.3. The van der Waals surface area contributed by atoms with E-state index in [2.05, 4.69) is 0 Å². The Morgan fingerprint density at radius 1 is 0.643 bits per heavy atom. The van der Waals surface area contributed by atoms with Crippen molar-refractivity contribution in [1.29, 1.82) is 0 Å². The van der Waals surface area contributed by atoms with Crippen LogP contribution < -0.4 is 0 Å². The number of hydrogen-bond acceptors (Lipinski definition) is 6. The van der Waals surface area contributed by atoms with E-state index in [4.69, 9.17) is 0 Å². The lowest BCUT2D eigenvalue weighted by molar-refractivity contribution is -0.0298. The molecule has 0 saturated heterocycles. The van der Waals surface area contributed by atoms with E-state index in [1.807, 2.05) is 0 Å². The summed E-state index contributed by atoms with van der Waals surface area (Å²) in [5.74, 6) is -1.29. The van der Waals surface area contributed by atoms with Crippen molar-refractivity contribution >= 4 is 0 Å². The minimum Gasteiger partial charge on any atom is -0.504 e. The molecular weight excluding hydrogens is 360 g/mol. The summed E-state index contributed by atoms with van der Waals surface area (Å²) in [6.07, 6.45) is 4.82. The summed E-state index contributed by atoms with van der Waals surface area (Å²) in [6.45, 7) is 0. The molecule has 4 aliphatic carbocycles. The Hall–Kier alpha value is -2.76. The van der Waals surface area contributed by atoms with Crippen LogP contribution in [0, 0.1) is 17.8 Å².